The predicted molar refractivity (Wildman–Crippen MR) is 137 cm³/mol. The highest BCUT2D eigenvalue weighted by atomic mass is 16.5. The van der Waals surface area contributed by atoms with Gasteiger partial charge in [-0.2, -0.15) is 0 Å². The van der Waals surface area contributed by atoms with E-state index in [1.54, 1.807) is 53.4 Å². The molecule has 7 nitrogen and oxygen atoms in total. The first-order valence-corrected chi connectivity index (χ1v) is 12.5. The molecule has 6 rings (SSSR count). The number of fused-ring (bicyclic) bond motifs is 2. The van der Waals surface area contributed by atoms with Gasteiger partial charge in [0.05, 0.1) is 28.8 Å². The molecule has 3 aromatic rings. The first kappa shape index (κ1) is 23.2. The monoisotopic (exact) mass is 494 g/mol. The fourth-order valence-electron chi connectivity index (χ4n) is 5.77. The second-order valence-corrected chi connectivity index (χ2v) is 10.2. The minimum Gasteiger partial charge on any atom is -0.486 e. The third-order valence-corrected chi connectivity index (χ3v) is 7.66. The van der Waals surface area contributed by atoms with E-state index in [9.17, 15) is 19.2 Å². The molecule has 3 amide bonds. The molecule has 0 aliphatic carbocycles. The maximum absolute atomic E-state index is 13.2. The zero-order valence-electron chi connectivity index (χ0n) is 20.7. The van der Waals surface area contributed by atoms with Gasteiger partial charge in [0.2, 0.25) is 0 Å². The van der Waals surface area contributed by atoms with Crippen molar-refractivity contribution in [3.63, 3.8) is 0 Å². The highest BCUT2D eigenvalue weighted by Crippen LogP contribution is 2.41. The Morgan fingerprint density at radius 2 is 1.49 bits per heavy atom. The van der Waals surface area contributed by atoms with E-state index in [2.05, 4.69) is 0 Å². The van der Waals surface area contributed by atoms with Crippen LogP contribution in [-0.4, -0.2) is 47.1 Å². The molecule has 7 heteroatoms. The lowest BCUT2D eigenvalue weighted by molar-refractivity contribution is -0.00582. The lowest BCUT2D eigenvalue weighted by Crippen LogP contribution is -2.52. The summed E-state index contributed by atoms with van der Waals surface area (Å²) < 4.78 is 6.42. The van der Waals surface area contributed by atoms with Crippen molar-refractivity contribution in [1.29, 1.82) is 0 Å². The zero-order chi connectivity index (χ0) is 25.9. The number of piperidine rings is 1. The second kappa shape index (κ2) is 8.40. The van der Waals surface area contributed by atoms with Crippen molar-refractivity contribution in [3.8, 4) is 5.75 Å². The number of anilines is 1. The first-order chi connectivity index (χ1) is 17.8. The smallest absolute Gasteiger partial charge is 0.266 e. The summed E-state index contributed by atoms with van der Waals surface area (Å²) in [5, 5.41) is 0. The van der Waals surface area contributed by atoms with Gasteiger partial charge in [-0.15, -0.1) is 0 Å². The van der Waals surface area contributed by atoms with Crippen LogP contribution in [0.2, 0.25) is 0 Å². The summed E-state index contributed by atoms with van der Waals surface area (Å²) in [5.41, 5.74) is 3.75. The number of rotatable bonds is 2. The van der Waals surface area contributed by atoms with Gasteiger partial charge in [0, 0.05) is 31.5 Å². The Morgan fingerprint density at radius 1 is 0.865 bits per heavy atom. The second-order valence-electron chi connectivity index (χ2n) is 10.2. The molecule has 3 heterocycles. The lowest BCUT2D eigenvalue weighted by Gasteiger charge is -2.44. The largest absolute Gasteiger partial charge is 0.486 e. The topological polar surface area (TPSA) is 84.0 Å². The SMILES string of the molecule is Cc1cc(C)c2c(c1)OC1(CCN(C(=O)c3ccc(N4C(=O)c5ccccc5C4=O)cc3)CC1)CC2=O. The van der Waals surface area contributed by atoms with E-state index in [1.807, 2.05) is 26.0 Å². The van der Waals surface area contributed by atoms with Crippen LogP contribution in [0, 0.1) is 13.8 Å². The number of aryl methyl sites for hydroxylation is 2. The van der Waals surface area contributed by atoms with Gasteiger partial charge in [-0.1, -0.05) is 18.2 Å². The van der Waals surface area contributed by atoms with Crippen molar-refractivity contribution in [2.45, 2.75) is 38.7 Å². The molecule has 3 aromatic carbocycles. The number of carbonyl (C=O) groups excluding carboxylic acids is 4. The van der Waals surface area contributed by atoms with Gasteiger partial charge in [0.15, 0.2) is 5.78 Å². The summed E-state index contributed by atoms with van der Waals surface area (Å²) in [5.74, 6) is -0.109. The number of ketones is 1. The van der Waals surface area contributed by atoms with Crippen LogP contribution < -0.4 is 9.64 Å². The predicted octanol–water partition coefficient (Wildman–Crippen LogP) is 4.74. The van der Waals surface area contributed by atoms with E-state index in [-0.39, 0.29) is 23.5 Å². The third-order valence-electron chi connectivity index (χ3n) is 7.66. The summed E-state index contributed by atoms with van der Waals surface area (Å²) in [6.07, 6.45) is 1.47. The molecule has 3 aliphatic rings. The molecule has 3 aliphatic heterocycles. The molecule has 186 valence electrons. The van der Waals surface area contributed by atoms with Crippen LogP contribution in [0.25, 0.3) is 0 Å². The van der Waals surface area contributed by atoms with Gasteiger partial charge in [0.25, 0.3) is 17.7 Å². The molecule has 0 N–H and O–H groups in total. The Bertz CT molecular complexity index is 1450. The number of imide groups is 1. The Kier molecular flexibility index (Phi) is 5.26. The summed E-state index contributed by atoms with van der Waals surface area (Å²) in [6.45, 7) is 4.88. The molecule has 0 bridgehead atoms. The molecule has 0 atom stereocenters. The van der Waals surface area contributed by atoms with E-state index < -0.39 is 5.60 Å². The number of benzene rings is 3. The number of amides is 3. The fraction of sp³-hybridized carbons (Fsp3) is 0.267. The van der Waals surface area contributed by atoms with Crippen LogP contribution in [0.3, 0.4) is 0 Å². The van der Waals surface area contributed by atoms with Gasteiger partial charge in [-0.3, -0.25) is 19.2 Å². The summed E-state index contributed by atoms with van der Waals surface area (Å²) in [7, 11) is 0. The van der Waals surface area contributed by atoms with Crippen LogP contribution in [0.15, 0.2) is 60.7 Å². The van der Waals surface area contributed by atoms with Crippen molar-refractivity contribution in [2.24, 2.45) is 0 Å². The molecule has 0 unspecified atom stereocenters. The Morgan fingerprint density at radius 3 is 2.11 bits per heavy atom. The molecule has 0 saturated carbocycles. The molecule has 37 heavy (non-hydrogen) atoms. The summed E-state index contributed by atoms with van der Waals surface area (Å²) >= 11 is 0. The van der Waals surface area contributed by atoms with E-state index >= 15 is 0 Å². The number of Topliss-reactive ketones (excluding diaryl/α,β-unsaturated/α-hetero) is 1. The molecular formula is C30H26N2O5. The molecular weight excluding hydrogens is 468 g/mol. The van der Waals surface area contributed by atoms with Crippen LogP contribution in [0.1, 0.15) is 71.8 Å². The fourth-order valence-corrected chi connectivity index (χ4v) is 5.77. The molecule has 1 fully saturated rings. The Balaban J connectivity index is 1.15. The Labute approximate surface area is 214 Å². The van der Waals surface area contributed by atoms with Gasteiger partial charge >= 0.3 is 0 Å². The minimum atomic E-state index is -0.587. The van der Waals surface area contributed by atoms with Crippen LogP contribution in [-0.2, 0) is 0 Å². The van der Waals surface area contributed by atoms with Crippen molar-refractivity contribution in [1.82, 2.24) is 4.90 Å². The van der Waals surface area contributed by atoms with Gasteiger partial charge in [-0.05, 0) is 67.4 Å². The van der Waals surface area contributed by atoms with E-state index in [4.69, 9.17) is 4.74 Å². The van der Waals surface area contributed by atoms with Gasteiger partial charge in [-0.25, -0.2) is 4.90 Å². The minimum absolute atomic E-state index is 0.0993. The standard InChI is InChI=1S/C30H26N2O5/c1-18-15-19(2)26-24(33)17-30(37-25(26)16-18)11-13-31(14-12-30)27(34)20-7-9-21(10-8-20)32-28(35)22-5-3-4-6-23(22)29(32)36/h3-10,15-16H,11-14,17H2,1-2H3. The molecule has 1 saturated heterocycles. The average Bonchev–Trinajstić information content (AvgIpc) is 3.13. The highest BCUT2D eigenvalue weighted by Gasteiger charge is 2.44. The highest BCUT2D eigenvalue weighted by molar-refractivity contribution is 6.34. The Hall–Kier alpha value is -4.26. The van der Waals surface area contributed by atoms with Crippen molar-refractivity contribution in [3.05, 3.63) is 94.0 Å². The maximum atomic E-state index is 13.2. The lowest BCUT2D eigenvalue weighted by atomic mass is 9.81. The van der Waals surface area contributed by atoms with Crippen molar-refractivity contribution in [2.75, 3.05) is 18.0 Å². The normalized spacial score (nSPS) is 18.1. The number of hydrogen-bond donors (Lipinski definition) is 0. The number of likely N-dealkylation sites (tertiary alicyclic amines) is 1. The third kappa shape index (κ3) is 3.73. The molecule has 0 aromatic heterocycles. The average molecular weight is 495 g/mol. The number of nitrogens with zero attached hydrogens (tertiary/aromatic N) is 2. The van der Waals surface area contributed by atoms with Crippen LogP contribution in [0.4, 0.5) is 5.69 Å². The van der Waals surface area contributed by atoms with Gasteiger partial charge in [0.1, 0.15) is 11.4 Å². The quantitative estimate of drug-likeness (QED) is 0.481. The number of hydrogen-bond acceptors (Lipinski definition) is 5. The van der Waals surface area contributed by atoms with E-state index in [0.29, 0.717) is 66.0 Å². The van der Waals surface area contributed by atoms with Crippen molar-refractivity contribution < 1.29 is 23.9 Å². The summed E-state index contributed by atoms with van der Waals surface area (Å²) in [6, 6.07) is 17.2. The number of carbonyl (C=O) groups is 4. The molecule has 0 radical (unpaired) electrons. The first-order valence-electron chi connectivity index (χ1n) is 12.5. The van der Waals surface area contributed by atoms with E-state index in [1.165, 1.54) is 0 Å². The summed E-state index contributed by atoms with van der Waals surface area (Å²) in [4.78, 5) is 54.6. The van der Waals surface area contributed by atoms with Crippen LogP contribution in [0.5, 0.6) is 5.75 Å². The van der Waals surface area contributed by atoms with Crippen molar-refractivity contribution >= 4 is 29.2 Å². The number of ether oxygens (including phenoxy) is 1. The van der Waals surface area contributed by atoms with E-state index in [0.717, 1.165) is 16.0 Å². The van der Waals surface area contributed by atoms with Crippen LogP contribution >= 0.6 is 0 Å². The maximum Gasteiger partial charge on any atom is 0.266 e. The van der Waals surface area contributed by atoms with Gasteiger partial charge < -0.3 is 9.64 Å². The zero-order valence-corrected chi connectivity index (χ0v) is 20.7. The molecule has 1 spiro atoms.